The maximum Gasteiger partial charge on any atom is 0.220 e. The van der Waals surface area contributed by atoms with Gasteiger partial charge in [-0.2, -0.15) is 0 Å². The maximum atomic E-state index is 11.1. The summed E-state index contributed by atoms with van der Waals surface area (Å²) in [6.45, 7) is 0.861. The molecule has 4 heteroatoms. The topological polar surface area (TPSA) is 67.1 Å². The Morgan fingerprint density at radius 2 is 2.22 bits per heavy atom. The molecule has 1 fully saturated rings. The molecule has 0 bridgehead atoms. The van der Waals surface area contributed by atoms with Gasteiger partial charge in [0.05, 0.1) is 0 Å². The van der Waals surface area contributed by atoms with Gasteiger partial charge in [-0.3, -0.25) is 4.79 Å². The molecule has 2 atom stereocenters. The molecule has 2 aliphatic rings. The third-order valence-corrected chi connectivity index (χ3v) is 3.94. The van der Waals surface area contributed by atoms with E-state index in [-0.39, 0.29) is 5.91 Å². The Balaban J connectivity index is 1.61. The van der Waals surface area contributed by atoms with Crippen molar-refractivity contribution in [2.24, 2.45) is 0 Å². The van der Waals surface area contributed by atoms with Gasteiger partial charge in [0, 0.05) is 30.7 Å². The standard InChI is InChI=1S/C14H19N3O/c15-10-2-4-12-9(7-10)1-5-13(12)16-8-11-3-6-14(18)17-11/h2,4,7,11,13,16H,1,3,5-6,8,15H2,(H,17,18). The number of carbonyl (C=O) groups excluding carboxylic acids is 1. The van der Waals surface area contributed by atoms with Gasteiger partial charge in [-0.25, -0.2) is 0 Å². The lowest BCUT2D eigenvalue weighted by molar-refractivity contribution is -0.119. The first-order valence-corrected chi connectivity index (χ1v) is 6.63. The number of anilines is 1. The lowest BCUT2D eigenvalue weighted by Crippen LogP contribution is -2.36. The first-order chi connectivity index (χ1) is 8.72. The van der Waals surface area contributed by atoms with E-state index < -0.39 is 0 Å². The van der Waals surface area contributed by atoms with Crippen LogP contribution in [-0.4, -0.2) is 18.5 Å². The summed E-state index contributed by atoms with van der Waals surface area (Å²) < 4.78 is 0. The molecule has 1 aliphatic carbocycles. The van der Waals surface area contributed by atoms with Gasteiger partial charge in [-0.05, 0) is 42.5 Å². The molecule has 0 spiro atoms. The number of aryl methyl sites for hydroxylation is 1. The fourth-order valence-electron chi connectivity index (χ4n) is 2.96. The lowest BCUT2D eigenvalue weighted by Gasteiger charge is -2.17. The van der Waals surface area contributed by atoms with Gasteiger partial charge >= 0.3 is 0 Å². The fraction of sp³-hybridized carbons (Fsp3) is 0.500. The summed E-state index contributed by atoms with van der Waals surface area (Å²) in [6.07, 6.45) is 3.84. The zero-order valence-corrected chi connectivity index (χ0v) is 10.4. The SMILES string of the molecule is Nc1ccc2c(c1)CCC2NCC1CCC(=O)N1. The Morgan fingerprint density at radius 1 is 1.33 bits per heavy atom. The fourth-order valence-corrected chi connectivity index (χ4v) is 2.96. The number of nitrogens with two attached hydrogens (primary N) is 1. The van der Waals surface area contributed by atoms with Crippen molar-refractivity contribution in [3.05, 3.63) is 29.3 Å². The highest BCUT2D eigenvalue weighted by Gasteiger charge is 2.25. The van der Waals surface area contributed by atoms with E-state index in [4.69, 9.17) is 5.73 Å². The van der Waals surface area contributed by atoms with Crippen LogP contribution in [0.3, 0.4) is 0 Å². The van der Waals surface area contributed by atoms with Crippen molar-refractivity contribution in [3.63, 3.8) is 0 Å². The average Bonchev–Trinajstić information content (AvgIpc) is 2.92. The summed E-state index contributed by atoms with van der Waals surface area (Å²) in [4.78, 5) is 11.1. The smallest absolute Gasteiger partial charge is 0.220 e. The van der Waals surface area contributed by atoms with Crippen LogP contribution < -0.4 is 16.4 Å². The van der Waals surface area contributed by atoms with E-state index in [9.17, 15) is 4.79 Å². The van der Waals surface area contributed by atoms with E-state index in [0.717, 1.165) is 31.5 Å². The third-order valence-electron chi connectivity index (χ3n) is 3.94. The highest BCUT2D eigenvalue weighted by atomic mass is 16.1. The van der Waals surface area contributed by atoms with Crippen molar-refractivity contribution in [2.75, 3.05) is 12.3 Å². The van der Waals surface area contributed by atoms with Crippen LogP contribution in [0.15, 0.2) is 18.2 Å². The average molecular weight is 245 g/mol. The molecule has 0 aromatic heterocycles. The molecule has 96 valence electrons. The molecule has 3 rings (SSSR count). The molecule has 1 saturated heterocycles. The zero-order valence-electron chi connectivity index (χ0n) is 10.4. The van der Waals surface area contributed by atoms with Crippen LogP contribution in [0.2, 0.25) is 0 Å². The molecule has 4 N–H and O–H groups in total. The number of nitrogens with one attached hydrogen (secondary N) is 2. The number of nitrogen functional groups attached to an aromatic ring is 1. The van der Waals surface area contributed by atoms with Gasteiger partial charge in [-0.15, -0.1) is 0 Å². The maximum absolute atomic E-state index is 11.1. The minimum Gasteiger partial charge on any atom is -0.399 e. The normalized spacial score (nSPS) is 26.1. The molecule has 2 unspecified atom stereocenters. The van der Waals surface area contributed by atoms with Crippen LogP contribution in [-0.2, 0) is 11.2 Å². The highest BCUT2D eigenvalue weighted by Crippen LogP contribution is 2.32. The molecular weight excluding hydrogens is 226 g/mol. The van der Waals surface area contributed by atoms with Gasteiger partial charge in [0.15, 0.2) is 0 Å². The van der Waals surface area contributed by atoms with E-state index >= 15 is 0 Å². The predicted octanol–water partition coefficient (Wildman–Crippen LogP) is 1.12. The highest BCUT2D eigenvalue weighted by molar-refractivity contribution is 5.78. The van der Waals surface area contributed by atoms with Crippen LogP contribution in [0.4, 0.5) is 5.69 Å². The largest absolute Gasteiger partial charge is 0.399 e. The molecule has 1 heterocycles. The van der Waals surface area contributed by atoms with Crippen molar-refractivity contribution < 1.29 is 4.79 Å². The van der Waals surface area contributed by atoms with E-state index in [2.05, 4.69) is 22.8 Å². The van der Waals surface area contributed by atoms with Crippen molar-refractivity contribution in [2.45, 2.75) is 37.8 Å². The number of fused-ring (bicyclic) bond motifs is 1. The van der Waals surface area contributed by atoms with Crippen molar-refractivity contribution in [3.8, 4) is 0 Å². The predicted molar refractivity (Wildman–Crippen MR) is 71.1 cm³/mol. The second-order valence-corrected chi connectivity index (χ2v) is 5.26. The monoisotopic (exact) mass is 245 g/mol. The molecule has 0 saturated carbocycles. The minimum atomic E-state index is 0.182. The zero-order chi connectivity index (χ0) is 12.5. The molecule has 0 radical (unpaired) electrons. The second kappa shape index (κ2) is 4.61. The first-order valence-electron chi connectivity index (χ1n) is 6.63. The number of hydrogen-bond acceptors (Lipinski definition) is 3. The van der Waals surface area contributed by atoms with Crippen molar-refractivity contribution >= 4 is 11.6 Å². The van der Waals surface area contributed by atoms with Gasteiger partial charge in [0.2, 0.25) is 5.91 Å². The van der Waals surface area contributed by atoms with Crippen LogP contribution in [0, 0.1) is 0 Å². The second-order valence-electron chi connectivity index (χ2n) is 5.26. The summed E-state index contributed by atoms with van der Waals surface area (Å²) in [6, 6.07) is 6.89. The Morgan fingerprint density at radius 3 is 3.00 bits per heavy atom. The molecule has 18 heavy (non-hydrogen) atoms. The van der Waals surface area contributed by atoms with E-state index in [0.29, 0.717) is 18.5 Å². The summed E-state index contributed by atoms with van der Waals surface area (Å²) in [5.74, 6) is 0.182. The van der Waals surface area contributed by atoms with Crippen LogP contribution in [0.5, 0.6) is 0 Å². The van der Waals surface area contributed by atoms with E-state index in [1.54, 1.807) is 0 Å². The Bertz CT molecular complexity index is 472. The summed E-state index contributed by atoms with van der Waals surface area (Å²) in [5.41, 5.74) is 9.37. The molecule has 1 aliphatic heterocycles. The van der Waals surface area contributed by atoms with Gasteiger partial charge < -0.3 is 16.4 Å². The Kier molecular flexibility index (Phi) is 2.96. The molecule has 1 amide bonds. The number of hydrogen-bond donors (Lipinski definition) is 3. The third kappa shape index (κ3) is 2.20. The van der Waals surface area contributed by atoms with Crippen LogP contribution >= 0.6 is 0 Å². The van der Waals surface area contributed by atoms with Gasteiger partial charge in [-0.1, -0.05) is 6.07 Å². The number of rotatable bonds is 3. The van der Waals surface area contributed by atoms with Crippen LogP contribution in [0.1, 0.15) is 36.4 Å². The van der Waals surface area contributed by atoms with Crippen molar-refractivity contribution in [1.29, 1.82) is 0 Å². The molecule has 1 aromatic rings. The molecule has 4 nitrogen and oxygen atoms in total. The minimum absolute atomic E-state index is 0.182. The Labute approximate surface area is 107 Å². The number of benzene rings is 1. The van der Waals surface area contributed by atoms with E-state index in [1.165, 1.54) is 11.1 Å². The van der Waals surface area contributed by atoms with Gasteiger partial charge in [0.1, 0.15) is 0 Å². The van der Waals surface area contributed by atoms with E-state index in [1.807, 2.05) is 6.07 Å². The molecular formula is C14H19N3O. The first kappa shape index (κ1) is 11.5. The Hall–Kier alpha value is -1.55. The van der Waals surface area contributed by atoms with Gasteiger partial charge in [0.25, 0.3) is 0 Å². The summed E-state index contributed by atoms with van der Waals surface area (Å²) in [7, 11) is 0. The number of carbonyl (C=O) groups is 1. The van der Waals surface area contributed by atoms with Crippen LogP contribution in [0.25, 0.3) is 0 Å². The summed E-state index contributed by atoms with van der Waals surface area (Å²) >= 11 is 0. The summed E-state index contributed by atoms with van der Waals surface area (Å²) in [5, 5.41) is 6.55. The lowest BCUT2D eigenvalue weighted by atomic mass is 10.1. The number of amides is 1. The molecule has 1 aromatic carbocycles. The van der Waals surface area contributed by atoms with Crippen molar-refractivity contribution in [1.82, 2.24) is 10.6 Å². The quantitative estimate of drug-likeness (QED) is 0.699.